The molecule has 114 valence electrons. The Balaban J connectivity index is 2.80. The fraction of sp³-hybridized carbons (Fsp3) is 0.625. The van der Waals surface area contributed by atoms with E-state index in [2.05, 4.69) is 49.2 Å². The molecule has 1 aromatic carbocycles. The lowest BCUT2D eigenvalue weighted by atomic mass is 10.1. The van der Waals surface area contributed by atoms with Gasteiger partial charge in [0.2, 0.25) is 0 Å². The van der Waals surface area contributed by atoms with Gasteiger partial charge < -0.3 is 15.0 Å². The molecule has 1 N–H and O–H groups in total. The number of hydrogen-bond acceptors (Lipinski definition) is 3. The van der Waals surface area contributed by atoms with Gasteiger partial charge in [-0.1, -0.05) is 24.6 Å². The zero-order valence-electron chi connectivity index (χ0n) is 13.1. The zero-order valence-corrected chi connectivity index (χ0v) is 13.8. The highest BCUT2D eigenvalue weighted by Gasteiger charge is 2.11. The van der Waals surface area contributed by atoms with Gasteiger partial charge in [-0.05, 0) is 44.5 Å². The summed E-state index contributed by atoms with van der Waals surface area (Å²) in [5.41, 5.74) is 2.31. The van der Waals surface area contributed by atoms with E-state index >= 15 is 0 Å². The van der Waals surface area contributed by atoms with Crippen molar-refractivity contribution in [3.05, 3.63) is 28.8 Å². The van der Waals surface area contributed by atoms with Crippen LogP contribution in [0.4, 0.5) is 5.69 Å². The fourth-order valence-corrected chi connectivity index (χ4v) is 2.54. The van der Waals surface area contributed by atoms with Crippen molar-refractivity contribution in [3.8, 4) is 0 Å². The first-order valence-corrected chi connectivity index (χ1v) is 7.78. The van der Waals surface area contributed by atoms with Crippen LogP contribution < -0.4 is 10.2 Å². The van der Waals surface area contributed by atoms with E-state index in [4.69, 9.17) is 16.3 Å². The minimum atomic E-state index is 0.283. The van der Waals surface area contributed by atoms with E-state index in [1.807, 2.05) is 0 Å². The van der Waals surface area contributed by atoms with Crippen molar-refractivity contribution < 1.29 is 4.74 Å². The van der Waals surface area contributed by atoms with Crippen molar-refractivity contribution in [3.63, 3.8) is 0 Å². The lowest BCUT2D eigenvalue weighted by Crippen LogP contribution is -2.27. The third-order valence-electron chi connectivity index (χ3n) is 3.46. The average Bonchev–Trinajstić information content (AvgIpc) is 2.45. The molecule has 1 unspecified atom stereocenters. The van der Waals surface area contributed by atoms with Crippen LogP contribution in [0.25, 0.3) is 0 Å². The molecule has 1 aromatic rings. The molecule has 0 amide bonds. The maximum absolute atomic E-state index is 6.44. The molecule has 3 nitrogen and oxygen atoms in total. The summed E-state index contributed by atoms with van der Waals surface area (Å²) in [5.74, 6) is 0. The van der Waals surface area contributed by atoms with E-state index in [0.717, 1.165) is 48.9 Å². The maximum atomic E-state index is 6.44. The van der Waals surface area contributed by atoms with Crippen LogP contribution >= 0.6 is 11.6 Å². The third-order valence-corrected chi connectivity index (χ3v) is 3.79. The Bertz CT molecular complexity index is 398. The molecule has 0 aliphatic carbocycles. The molecule has 4 heteroatoms. The predicted octanol–water partition coefficient (Wildman–Crippen LogP) is 3.87. The van der Waals surface area contributed by atoms with E-state index in [-0.39, 0.29) is 6.04 Å². The maximum Gasteiger partial charge on any atom is 0.0637 e. The van der Waals surface area contributed by atoms with Crippen molar-refractivity contribution in [2.24, 2.45) is 0 Å². The summed E-state index contributed by atoms with van der Waals surface area (Å²) in [4.78, 5) is 2.27. The van der Waals surface area contributed by atoms with Crippen LogP contribution in [0.3, 0.4) is 0 Å². The van der Waals surface area contributed by atoms with Crippen molar-refractivity contribution in [1.82, 2.24) is 5.32 Å². The number of hydrogen-bond donors (Lipinski definition) is 1. The number of likely N-dealkylation sites (N-methyl/N-ethyl adjacent to an activating group) is 1. The monoisotopic (exact) mass is 298 g/mol. The number of rotatable bonds is 9. The quantitative estimate of drug-likeness (QED) is 0.749. The summed E-state index contributed by atoms with van der Waals surface area (Å²) in [7, 11) is 1.73. The van der Waals surface area contributed by atoms with E-state index < -0.39 is 0 Å². The highest BCUT2D eigenvalue weighted by Crippen LogP contribution is 2.28. The van der Waals surface area contributed by atoms with Crippen molar-refractivity contribution in [2.45, 2.75) is 33.2 Å². The van der Waals surface area contributed by atoms with Crippen LogP contribution in [-0.4, -0.2) is 33.4 Å². The van der Waals surface area contributed by atoms with Crippen LogP contribution in [-0.2, 0) is 4.74 Å². The minimum absolute atomic E-state index is 0.283. The Labute approximate surface area is 128 Å². The number of nitrogens with zero attached hydrogens (tertiary/aromatic N) is 1. The molecular weight excluding hydrogens is 272 g/mol. The fourth-order valence-electron chi connectivity index (χ4n) is 2.21. The topological polar surface area (TPSA) is 24.5 Å². The number of nitrogens with one attached hydrogen (secondary N) is 1. The van der Waals surface area contributed by atoms with Crippen LogP contribution in [0.5, 0.6) is 0 Å². The van der Waals surface area contributed by atoms with E-state index in [1.165, 1.54) is 0 Å². The molecular formula is C16H27ClN2O. The average molecular weight is 299 g/mol. The summed E-state index contributed by atoms with van der Waals surface area (Å²) >= 11 is 6.44. The predicted molar refractivity (Wildman–Crippen MR) is 87.9 cm³/mol. The summed E-state index contributed by atoms with van der Waals surface area (Å²) in [6, 6.07) is 6.61. The minimum Gasteiger partial charge on any atom is -0.383 e. The lowest BCUT2D eigenvalue weighted by Gasteiger charge is -2.24. The number of benzene rings is 1. The third kappa shape index (κ3) is 4.97. The Morgan fingerprint density at radius 3 is 2.65 bits per heavy atom. The van der Waals surface area contributed by atoms with Crippen molar-refractivity contribution in [1.29, 1.82) is 0 Å². The molecule has 0 aliphatic heterocycles. The second-order valence-corrected chi connectivity index (χ2v) is 5.36. The first kappa shape index (κ1) is 17.3. The number of halogens is 1. The first-order valence-electron chi connectivity index (χ1n) is 7.40. The van der Waals surface area contributed by atoms with Gasteiger partial charge in [0.1, 0.15) is 0 Å². The molecule has 0 saturated heterocycles. The molecule has 0 fully saturated rings. The molecule has 0 aromatic heterocycles. The number of methoxy groups -OCH3 is 1. The number of ether oxygens (including phenoxy) is 1. The first-order chi connectivity index (χ1) is 9.63. The van der Waals surface area contributed by atoms with E-state index in [9.17, 15) is 0 Å². The molecule has 0 bridgehead atoms. The summed E-state index contributed by atoms with van der Waals surface area (Å²) < 4.78 is 5.15. The van der Waals surface area contributed by atoms with Gasteiger partial charge in [-0.3, -0.25) is 0 Å². The SMILES string of the molecule is CCCNC(C)c1ccc(N(CC)CCOC)cc1Cl. The van der Waals surface area contributed by atoms with Gasteiger partial charge in [-0.2, -0.15) is 0 Å². The highest BCUT2D eigenvalue weighted by molar-refractivity contribution is 6.31. The standard InChI is InChI=1S/C16H27ClN2O/c1-5-9-18-13(3)15-8-7-14(12-16(15)17)19(6-2)10-11-20-4/h7-8,12-13,18H,5-6,9-11H2,1-4H3. The van der Waals surface area contributed by atoms with Gasteiger partial charge in [-0.25, -0.2) is 0 Å². The molecule has 0 saturated carbocycles. The van der Waals surface area contributed by atoms with Crippen molar-refractivity contribution in [2.75, 3.05) is 38.3 Å². The molecule has 20 heavy (non-hydrogen) atoms. The second kappa shape index (κ2) is 9.22. The zero-order chi connectivity index (χ0) is 15.0. The molecule has 1 atom stereocenters. The van der Waals surface area contributed by atoms with E-state index in [0.29, 0.717) is 0 Å². The van der Waals surface area contributed by atoms with Gasteiger partial charge in [0.05, 0.1) is 6.61 Å². The van der Waals surface area contributed by atoms with Crippen LogP contribution in [0.2, 0.25) is 5.02 Å². The summed E-state index contributed by atoms with van der Waals surface area (Å²) in [5, 5.41) is 4.30. The van der Waals surface area contributed by atoms with Crippen LogP contribution in [0.1, 0.15) is 38.8 Å². The molecule has 0 radical (unpaired) electrons. The number of anilines is 1. The highest BCUT2D eigenvalue weighted by atomic mass is 35.5. The normalized spacial score (nSPS) is 12.4. The summed E-state index contributed by atoms with van der Waals surface area (Å²) in [6.07, 6.45) is 1.13. The largest absolute Gasteiger partial charge is 0.383 e. The molecule has 0 aliphatic rings. The Morgan fingerprint density at radius 2 is 2.10 bits per heavy atom. The van der Waals surface area contributed by atoms with Crippen molar-refractivity contribution >= 4 is 17.3 Å². The molecule has 1 rings (SSSR count). The molecule has 0 heterocycles. The lowest BCUT2D eigenvalue weighted by molar-refractivity contribution is 0.205. The Kier molecular flexibility index (Phi) is 7.97. The van der Waals surface area contributed by atoms with Gasteiger partial charge in [-0.15, -0.1) is 0 Å². The van der Waals surface area contributed by atoms with Crippen LogP contribution in [0, 0.1) is 0 Å². The van der Waals surface area contributed by atoms with Gasteiger partial charge in [0.25, 0.3) is 0 Å². The van der Waals surface area contributed by atoms with Crippen LogP contribution in [0.15, 0.2) is 18.2 Å². The molecule has 0 spiro atoms. The Morgan fingerprint density at radius 1 is 1.35 bits per heavy atom. The Hall–Kier alpha value is -0.770. The smallest absolute Gasteiger partial charge is 0.0637 e. The van der Waals surface area contributed by atoms with E-state index in [1.54, 1.807) is 7.11 Å². The second-order valence-electron chi connectivity index (χ2n) is 4.95. The van der Waals surface area contributed by atoms with Gasteiger partial charge >= 0.3 is 0 Å². The van der Waals surface area contributed by atoms with Gasteiger partial charge in [0, 0.05) is 37.0 Å². The van der Waals surface area contributed by atoms with Gasteiger partial charge in [0.15, 0.2) is 0 Å². The summed E-state index contributed by atoms with van der Waals surface area (Å²) in [6.45, 7) is 10.0.